The highest BCUT2D eigenvalue weighted by Crippen LogP contribution is 2.35. The second-order valence-corrected chi connectivity index (χ2v) is 8.73. The van der Waals surface area contributed by atoms with Gasteiger partial charge < -0.3 is 14.8 Å². The fourth-order valence-electron chi connectivity index (χ4n) is 3.66. The highest BCUT2D eigenvalue weighted by atomic mass is 79.9. The lowest BCUT2D eigenvalue weighted by Crippen LogP contribution is -2.38. The number of alkyl halides is 3. The zero-order valence-corrected chi connectivity index (χ0v) is 20.4. The monoisotopic (exact) mass is 553 g/mol. The molecule has 35 heavy (non-hydrogen) atoms. The Labute approximate surface area is 208 Å². The van der Waals surface area contributed by atoms with E-state index in [1.165, 1.54) is 18.3 Å². The lowest BCUT2D eigenvalue weighted by Gasteiger charge is -2.26. The van der Waals surface area contributed by atoms with Crippen LogP contribution in [0.15, 0.2) is 47.2 Å². The Kier molecular flexibility index (Phi) is 7.72. The van der Waals surface area contributed by atoms with Gasteiger partial charge in [-0.15, -0.1) is 0 Å². The average Bonchev–Trinajstić information content (AvgIpc) is 3.17. The van der Waals surface area contributed by atoms with Crippen molar-refractivity contribution in [2.75, 3.05) is 44.8 Å². The number of carbonyl (C=O) groups is 1. The van der Waals surface area contributed by atoms with Gasteiger partial charge in [0.2, 0.25) is 5.88 Å². The van der Waals surface area contributed by atoms with Crippen molar-refractivity contribution in [2.45, 2.75) is 6.18 Å². The largest absolute Gasteiger partial charge is 0.476 e. The number of ether oxygens (including phenoxy) is 2. The summed E-state index contributed by atoms with van der Waals surface area (Å²) in [4.78, 5) is 19.3. The zero-order valence-electron chi connectivity index (χ0n) is 18.8. The molecule has 1 saturated heterocycles. The molecule has 8 nitrogen and oxygen atoms in total. The lowest BCUT2D eigenvalue weighted by atomic mass is 10.1. The van der Waals surface area contributed by atoms with E-state index in [0.717, 1.165) is 25.2 Å². The van der Waals surface area contributed by atoms with E-state index in [1.54, 1.807) is 24.0 Å². The van der Waals surface area contributed by atoms with Crippen LogP contribution in [-0.4, -0.2) is 65.0 Å². The number of aromatic nitrogens is 3. The van der Waals surface area contributed by atoms with Gasteiger partial charge in [-0.2, -0.15) is 18.3 Å². The summed E-state index contributed by atoms with van der Waals surface area (Å²) in [6.45, 7) is 4.13. The molecular weight excluding hydrogens is 531 g/mol. The van der Waals surface area contributed by atoms with Crippen LogP contribution in [0.1, 0.15) is 15.9 Å². The third-order valence-electron chi connectivity index (χ3n) is 5.46. The SMILES string of the molecule is Cn1ncc(Br)c1-c1cc(NC(=O)c2cccc(C(F)(F)F)c2)cnc1OCCN1CCOCC1. The van der Waals surface area contributed by atoms with Crippen LogP contribution in [0.4, 0.5) is 18.9 Å². The summed E-state index contributed by atoms with van der Waals surface area (Å²) in [6.07, 6.45) is -1.51. The molecule has 0 atom stereocenters. The highest BCUT2D eigenvalue weighted by molar-refractivity contribution is 9.10. The van der Waals surface area contributed by atoms with Gasteiger partial charge in [0.05, 0.1) is 52.6 Å². The Morgan fingerprint density at radius 1 is 1.23 bits per heavy atom. The number of carbonyl (C=O) groups excluding carboxylic acids is 1. The van der Waals surface area contributed by atoms with Gasteiger partial charge in [0.25, 0.3) is 5.91 Å². The normalized spacial score (nSPS) is 14.7. The van der Waals surface area contributed by atoms with E-state index in [4.69, 9.17) is 9.47 Å². The molecule has 3 heterocycles. The molecule has 0 saturated carbocycles. The molecule has 1 N–H and O–H groups in total. The number of pyridine rings is 1. The fraction of sp³-hybridized carbons (Fsp3) is 0.348. The Hall–Kier alpha value is -2.96. The third kappa shape index (κ3) is 6.19. The summed E-state index contributed by atoms with van der Waals surface area (Å²) in [7, 11) is 1.76. The number of nitrogens with zero attached hydrogens (tertiary/aromatic N) is 4. The van der Waals surface area contributed by atoms with E-state index in [9.17, 15) is 18.0 Å². The number of anilines is 1. The first kappa shape index (κ1) is 25.1. The van der Waals surface area contributed by atoms with Gasteiger partial charge in [0.15, 0.2) is 0 Å². The van der Waals surface area contributed by atoms with Gasteiger partial charge in [-0.3, -0.25) is 14.4 Å². The van der Waals surface area contributed by atoms with Crippen LogP contribution in [-0.2, 0) is 18.0 Å². The summed E-state index contributed by atoms with van der Waals surface area (Å²) >= 11 is 3.47. The smallest absolute Gasteiger partial charge is 0.416 e. The summed E-state index contributed by atoms with van der Waals surface area (Å²) in [5, 5.41) is 6.85. The van der Waals surface area contributed by atoms with Crippen LogP contribution < -0.4 is 10.1 Å². The quantitative estimate of drug-likeness (QED) is 0.471. The first-order chi connectivity index (χ1) is 16.7. The molecular formula is C23H23BrF3N5O3. The summed E-state index contributed by atoms with van der Waals surface area (Å²) in [6, 6.07) is 5.90. The molecule has 12 heteroatoms. The number of halogens is 4. The van der Waals surface area contributed by atoms with Crippen molar-refractivity contribution in [3.05, 3.63) is 58.3 Å². The van der Waals surface area contributed by atoms with Crippen LogP contribution >= 0.6 is 15.9 Å². The van der Waals surface area contributed by atoms with Gasteiger partial charge in [-0.1, -0.05) is 6.07 Å². The van der Waals surface area contributed by atoms with E-state index in [1.807, 2.05) is 0 Å². The lowest BCUT2D eigenvalue weighted by molar-refractivity contribution is -0.137. The number of aryl methyl sites for hydroxylation is 1. The van der Waals surface area contributed by atoms with Gasteiger partial charge in [-0.05, 0) is 40.2 Å². The molecule has 0 spiro atoms. The van der Waals surface area contributed by atoms with Gasteiger partial charge in [-0.25, -0.2) is 4.98 Å². The molecule has 0 unspecified atom stereocenters. The molecule has 0 aliphatic carbocycles. The van der Waals surface area contributed by atoms with Crippen molar-refractivity contribution in [2.24, 2.45) is 7.05 Å². The van der Waals surface area contributed by atoms with Crippen molar-refractivity contribution in [3.63, 3.8) is 0 Å². The van der Waals surface area contributed by atoms with Crippen molar-refractivity contribution in [1.82, 2.24) is 19.7 Å². The minimum absolute atomic E-state index is 0.117. The molecule has 1 aliphatic rings. The number of benzene rings is 1. The van der Waals surface area contributed by atoms with Crippen LogP contribution in [0.3, 0.4) is 0 Å². The van der Waals surface area contributed by atoms with E-state index in [0.29, 0.717) is 53.7 Å². The predicted molar refractivity (Wildman–Crippen MR) is 126 cm³/mol. The fourth-order valence-corrected chi connectivity index (χ4v) is 4.22. The molecule has 186 valence electrons. The molecule has 1 amide bonds. The molecule has 4 rings (SSSR count). The maximum absolute atomic E-state index is 13.0. The summed E-state index contributed by atoms with van der Waals surface area (Å²) in [5.74, 6) is -0.339. The third-order valence-corrected chi connectivity index (χ3v) is 6.04. The van der Waals surface area contributed by atoms with E-state index in [-0.39, 0.29) is 5.56 Å². The molecule has 0 radical (unpaired) electrons. The van der Waals surface area contributed by atoms with Crippen LogP contribution in [0.25, 0.3) is 11.3 Å². The van der Waals surface area contributed by atoms with Crippen LogP contribution in [0.2, 0.25) is 0 Å². The topological polar surface area (TPSA) is 81.5 Å². The van der Waals surface area contributed by atoms with Gasteiger partial charge in [0, 0.05) is 32.2 Å². The predicted octanol–water partition coefficient (Wildman–Crippen LogP) is 4.23. The van der Waals surface area contributed by atoms with Crippen molar-refractivity contribution >= 4 is 27.5 Å². The van der Waals surface area contributed by atoms with E-state index < -0.39 is 17.6 Å². The molecule has 0 bridgehead atoms. The van der Waals surface area contributed by atoms with Gasteiger partial charge >= 0.3 is 6.18 Å². The minimum atomic E-state index is -4.54. The molecule has 2 aromatic heterocycles. The number of rotatable bonds is 7. The average molecular weight is 554 g/mol. The standard InChI is InChI=1S/C23H23BrF3N5O3/c1-31-20(19(24)14-29-31)18-12-17(13-28-22(18)35-10-7-32-5-8-34-9-6-32)30-21(33)15-3-2-4-16(11-15)23(25,26)27/h2-4,11-14H,5-10H2,1H3,(H,30,33). The minimum Gasteiger partial charge on any atom is -0.476 e. The first-order valence-corrected chi connectivity index (χ1v) is 11.6. The number of nitrogens with one attached hydrogen (secondary N) is 1. The maximum atomic E-state index is 13.0. The van der Waals surface area contributed by atoms with Crippen LogP contribution in [0, 0.1) is 0 Å². The van der Waals surface area contributed by atoms with E-state index in [2.05, 4.69) is 36.2 Å². The molecule has 3 aromatic rings. The van der Waals surface area contributed by atoms with Crippen LogP contribution in [0.5, 0.6) is 5.88 Å². The Bertz CT molecular complexity index is 1180. The first-order valence-electron chi connectivity index (χ1n) is 10.8. The molecule has 1 aromatic carbocycles. The Morgan fingerprint density at radius 3 is 2.69 bits per heavy atom. The number of hydrogen-bond donors (Lipinski definition) is 1. The Balaban J connectivity index is 1.56. The second kappa shape index (κ2) is 10.8. The number of hydrogen-bond acceptors (Lipinski definition) is 6. The highest BCUT2D eigenvalue weighted by Gasteiger charge is 2.31. The Morgan fingerprint density at radius 2 is 2.00 bits per heavy atom. The second-order valence-electron chi connectivity index (χ2n) is 7.88. The molecule has 1 aliphatic heterocycles. The van der Waals surface area contributed by atoms with E-state index >= 15 is 0 Å². The van der Waals surface area contributed by atoms with Crippen molar-refractivity contribution in [3.8, 4) is 17.1 Å². The number of amides is 1. The van der Waals surface area contributed by atoms with Crippen molar-refractivity contribution < 1.29 is 27.4 Å². The number of morpholine rings is 1. The van der Waals surface area contributed by atoms with Crippen molar-refractivity contribution in [1.29, 1.82) is 0 Å². The summed E-state index contributed by atoms with van der Waals surface area (Å²) in [5.41, 5.74) is 0.534. The van der Waals surface area contributed by atoms with Gasteiger partial charge in [0.1, 0.15) is 6.61 Å². The maximum Gasteiger partial charge on any atom is 0.416 e. The summed E-state index contributed by atoms with van der Waals surface area (Å²) < 4.78 is 52.8. The zero-order chi connectivity index (χ0) is 25.0. The molecule has 1 fully saturated rings.